The van der Waals surface area contributed by atoms with Crippen molar-refractivity contribution >= 4 is 17.7 Å². The van der Waals surface area contributed by atoms with Crippen LogP contribution in [-0.4, -0.2) is 71.5 Å². The molecule has 0 bridgehead atoms. The number of aromatic nitrogens is 2. The number of H-pyrrole nitrogens is 1. The van der Waals surface area contributed by atoms with Crippen molar-refractivity contribution in [1.29, 1.82) is 0 Å². The summed E-state index contributed by atoms with van der Waals surface area (Å²) in [5.74, 6) is -0.906. The lowest BCUT2D eigenvalue weighted by Crippen LogP contribution is -2.66. The summed E-state index contributed by atoms with van der Waals surface area (Å²) in [4.78, 5) is 49.8. The Morgan fingerprint density at radius 3 is 2.32 bits per heavy atom. The number of ether oxygens (including phenoxy) is 2. The monoisotopic (exact) mass is 641 g/mol. The molecule has 0 aliphatic carbocycles. The van der Waals surface area contributed by atoms with Gasteiger partial charge in [-0.2, -0.15) is 0 Å². The molecule has 10 nitrogen and oxygen atoms in total. The lowest BCUT2D eigenvalue weighted by molar-refractivity contribution is -0.175. The molecule has 3 amide bonds. The molecular weight excluding hydrogens is 601 g/mol. The third kappa shape index (κ3) is 8.42. The van der Waals surface area contributed by atoms with Crippen LogP contribution in [0.1, 0.15) is 46.9 Å². The third-order valence-electron chi connectivity index (χ3n) is 8.30. The number of nitrogens with zero attached hydrogens (tertiary/aromatic N) is 2. The second-order valence-electron chi connectivity index (χ2n) is 11.7. The van der Waals surface area contributed by atoms with Gasteiger partial charge in [0.05, 0.1) is 26.5 Å². The summed E-state index contributed by atoms with van der Waals surface area (Å²) < 4.78 is 25.4. The smallest absolute Gasteiger partial charge is 0.251 e. The Morgan fingerprint density at radius 2 is 1.68 bits per heavy atom. The van der Waals surface area contributed by atoms with Gasteiger partial charge in [0.1, 0.15) is 29.3 Å². The number of likely N-dealkylation sites (tertiary alicyclic amines) is 1. The van der Waals surface area contributed by atoms with E-state index in [0.29, 0.717) is 23.6 Å². The molecule has 4 aromatic rings. The van der Waals surface area contributed by atoms with Gasteiger partial charge in [0, 0.05) is 36.9 Å². The van der Waals surface area contributed by atoms with Crippen LogP contribution in [0.4, 0.5) is 4.39 Å². The highest BCUT2D eigenvalue weighted by atomic mass is 19.1. The van der Waals surface area contributed by atoms with Crippen LogP contribution in [0.2, 0.25) is 0 Å². The van der Waals surface area contributed by atoms with E-state index in [0.717, 1.165) is 24.0 Å². The lowest BCUT2D eigenvalue weighted by Gasteiger charge is -2.51. The molecule has 246 valence electrons. The number of aromatic amines is 1. The standard InChI is InChI=1S/C36H40FN5O5/c1-3-4-18-47-36(27-12-14-28(37)15-13-27)22-42(23-36)35(45)32(19-25-10-16-30(46-2)17-11-25)41-34(44)31(20-29-21-38-24-39-29)40-33(43)26-8-6-5-7-9-26/h5-17,21,24,31-32H,3-4,18-20,22-23H2,1-2H3,(H,38,39)(H,40,43)(H,41,44). The van der Waals surface area contributed by atoms with Gasteiger partial charge in [-0.15, -0.1) is 0 Å². The largest absolute Gasteiger partial charge is 0.497 e. The highest BCUT2D eigenvalue weighted by Crippen LogP contribution is 2.37. The Morgan fingerprint density at radius 1 is 0.957 bits per heavy atom. The van der Waals surface area contributed by atoms with Crippen molar-refractivity contribution in [3.8, 4) is 5.75 Å². The molecule has 2 heterocycles. The molecule has 1 aliphatic heterocycles. The molecule has 0 saturated carbocycles. The van der Waals surface area contributed by atoms with Gasteiger partial charge in [0.25, 0.3) is 5.91 Å². The minimum Gasteiger partial charge on any atom is -0.497 e. The van der Waals surface area contributed by atoms with E-state index in [2.05, 4.69) is 27.5 Å². The molecule has 2 atom stereocenters. The molecule has 1 fully saturated rings. The molecule has 1 aromatic heterocycles. The zero-order valence-corrected chi connectivity index (χ0v) is 26.6. The minimum absolute atomic E-state index is 0.135. The summed E-state index contributed by atoms with van der Waals surface area (Å²) in [5.41, 5.74) is 1.87. The van der Waals surface area contributed by atoms with Crippen molar-refractivity contribution in [2.45, 2.75) is 50.3 Å². The number of rotatable bonds is 15. The van der Waals surface area contributed by atoms with E-state index < -0.39 is 29.5 Å². The minimum atomic E-state index is -0.999. The van der Waals surface area contributed by atoms with Gasteiger partial charge in [-0.3, -0.25) is 14.4 Å². The summed E-state index contributed by atoms with van der Waals surface area (Å²) in [7, 11) is 1.57. The van der Waals surface area contributed by atoms with Crippen molar-refractivity contribution < 1.29 is 28.2 Å². The van der Waals surface area contributed by atoms with E-state index >= 15 is 0 Å². The maximum absolute atomic E-state index is 14.1. The van der Waals surface area contributed by atoms with Crippen molar-refractivity contribution in [1.82, 2.24) is 25.5 Å². The normalized spacial score (nSPS) is 14.8. The van der Waals surface area contributed by atoms with Gasteiger partial charge in [-0.1, -0.05) is 55.8 Å². The number of methoxy groups -OCH3 is 1. The van der Waals surface area contributed by atoms with Crippen molar-refractivity contribution in [3.63, 3.8) is 0 Å². The van der Waals surface area contributed by atoms with Gasteiger partial charge < -0.3 is 30.0 Å². The number of carbonyl (C=O) groups is 3. The number of imidazole rings is 1. The van der Waals surface area contributed by atoms with Crippen LogP contribution >= 0.6 is 0 Å². The Balaban J connectivity index is 1.37. The summed E-state index contributed by atoms with van der Waals surface area (Å²) >= 11 is 0. The summed E-state index contributed by atoms with van der Waals surface area (Å²) in [5, 5.41) is 5.77. The van der Waals surface area contributed by atoms with Crippen molar-refractivity contribution in [2.75, 3.05) is 26.8 Å². The van der Waals surface area contributed by atoms with E-state index in [-0.39, 0.29) is 37.7 Å². The first-order valence-electron chi connectivity index (χ1n) is 15.8. The van der Waals surface area contributed by atoms with Gasteiger partial charge in [-0.25, -0.2) is 9.37 Å². The van der Waals surface area contributed by atoms with E-state index in [1.54, 1.807) is 72.8 Å². The maximum Gasteiger partial charge on any atom is 0.251 e. The van der Waals surface area contributed by atoms with E-state index in [4.69, 9.17) is 9.47 Å². The molecule has 2 unspecified atom stereocenters. The number of amides is 3. The fourth-order valence-electron chi connectivity index (χ4n) is 5.60. The Kier molecular flexibility index (Phi) is 11.0. The van der Waals surface area contributed by atoms with Gasteiger partial charge in [0.15, 0.2) is 0 Å². The SMILES string of the molecule is CCCCOC1(c2ccc(F)cc2)CN(C(=O)C(Cc2ccc(OC)cc2)NC(=O)C(Cc2cnc[nH]2)NC(=O)c2ccccc2)C1. The number of halogens is 1. The molecule has 5 rings (SSSR count). The fourth-order valence-corrected chi connectivity index (χ4v) is 5.60. The van der Waals surface area contributed by atoms with Gasteiger partial charge in [-0.05, 0) is 53.9 Å². The number of hydrogen-bond acceptors (Lipinski definition) is 6. The maximum atomic E-state index is 14.1. The van der Waals surface area contributed by atoms with E-state index in [9.17, 15) is 18.8 Å². The predicted molar refractivity (Wildman–Crippen MR) is 174 cm³/mol. The summed E-state index contributed by atoms with van der Waals surface area (Å²) in [6.07, 6.45) is 5.21. The summed E-state index contributed by atoms with van der Waals surface area (Å²) in [6.45, 7) is 3.06. The number of unbranched alkanes of at least 4 members (excludes halogenated alkanes) is 1. The quantitative estimate of drug-likeness (QED) is 0.167. The number of hydrogen-bond donors (Lipinski definition) is 3. The molecule has 47 heavy (non-hydrogen) atoms. The van der Waals surface area contributed by atoms with Crippen LogP contribution in [0.25, 0.3) is 0 Å². The topological polar surface area (TPSA) is 126 Å². The zero-order chi connectivity index (χ0) is 33.2. The molecule has 11 heteroatoms. The molecule has 0 spiro atoms. The first kappa shape index (κ1) is 33.3. The second kappa shape index (κ2) is 15.5. The number of carbonyl (C=O) groups excluding carboxylic acids is 3. The average Bonchev–Trinajstić information content (AvgIpc) is 3.59. The first-order chi connectivity index (χ1) is 22.8. The predicted octanol–water partition coefficient (Wildman–Crippen LogP) is 4.18. The number of nitrogens with one attached hydrogen (secondary N) is 3. The molecule has 1 aliphatic rings. The van der Waals surface area contributed by atoms with Crippen LogP contribution in [0.5, 0.6) is 5.75 Å². The van der Waals surface area contributed by atoms with Crippen LogP contribution in [0.3, 0.4) is 0 Å². The fraction of sp³-hybridized carbons (Fsp3) is 0.333. The van der Waals surface area contributed by atoms with Gasteiger partial charge >= 0.3 is 0 Å². The van der Waals surface area contributed by atoms with Gasteiger partial charge in [0.2, 0.25) is 11.8 Å². The van der Waals surface area contributed by atoms with Crippen LogP contribution in [0.15, 0.2) is 91.4 Å². The highest BCUT2D eigenvalue weighted by molar-refractivity contribution is 5.98. The van der Waals surface area contributed by atoms with Crippen LogP contribution in [0, 0.1) is 5.82 Å². The summed E-state index contributed by atoms with van der Waals surface area (Å²) in [6, 6.07) is 20.1. The first-order valence-corrected chi connectivity index (χ1v) is 15.8. The van der Waals surface area contributed by atoms with Crippen LogP contribution < -0.4 is 15.4 Å². The molecule has 3 N–H and O–H groups in total. The zero-order valence-electron chi connectivity index (χ0n) is 26.6. The van der Waals surface area contributed by atoms with Crippen molar-refractivity contribution in [3.05, 3.63) is 120 Å². The highest BCUT2D eigenvalue weighted by Gasteiger charge is 2.49. The third-order valence-corrected chi connectivity index (χ3v) is 8.30. The van der Waals surface area contributed by atoms with Crippen molar-refractivity contribution in [2.24, 2.45) is 0 Å². The molecular formula is C36H40FN5O5. The number of benzene rings is 3. The molecule has 1 saturated heterocycles. The second-order valence-corrected chi connectivity index (χ2v) is 11.7. The van der Waals surface area contributed by atoms with E-state index in [1.807, 2.05) is 12.1 Å². The Bertz CT molecular complexity index is 1610. The van der Waals surface area contributed by atoms with Crippen LogP contribution in [-0.2, 0) is 32.8 Å². The average molecular weight is 642 g/mol. The Hall–Kier alpha value is -5.03. The lowest BCUT2D eigenvalue weighted by atomic mass is 9.84. The Labute approximate surface area is 273 Å². The molecule has 3 aromatic carbocycles. The van der Waals surface area contributed by atoms with E-state index in [1.165, 1.54) is 18.5 Å². The molecule has 0 radical (unpaired) electrons.